The average molecular weight is 268 g/mol. The van der Waals surface area contributed by atoms with Crippen molar-refractivity contribution in [2.75, 3.05) is 0 Å². The fourth-order valence-corrected chi connectivity index (χ4v) is 1.66. The lowest BCUT2D eigenvalue weighted by molar-refractivity contribution is 0.103. The smallest absolute Gasteiger partial charge is 0.196 e. The largest absolute Gasteiger partial charge is 0.288 e. The summed E-state index contributed by atoms with van der Waals surface area (Å²) in [6, 6.07) is 4.42. The summed E-state index contributed by atoms with van der Waals surface area (Å²) in [5, 5.41) is 0. The molecule has 0 atom stereocenters. The van der Waals surface area contributed by atoms with Crippen LogP contribution in [0.1, 0.15) is 21.5 Å². The lowest BCUT2D eigenvalue weighted by atomic mass is 10.0. The highest BCUT2D eigenvalue weighted by Gasteiger charge is 2.19. The first-order valence-electron chi connectivity index (χ1n) is 5.35. The molecule has 1 nitrogen and oxygen atoms in total. The van der Waals surface area contributed by atoms with Crippen LogP contribution in [0.15, 0.2) is 30.3 Å². The minimum absolute atomic E-state index is 0.0412. The molecule has 0 radical (unpaired) electrons. The Balaban J connectivity index is 2.53. The Morgan fingerprint density at radius 1 is 0.895 bits per heavy atom. The summed E-state index contributed by atoms with van der Waals surface area (Å²) in [5.41, 5.74) is -0.896. The predicted octanol–water partition coefficient (Wildman–Crippen LogP) is 3.78. The van der Waals surface area contributed by atoms with Gasteiger partial charge < -0.3 is 0 Å². The summed E-state index contributed by atoms with van der Waals surface area (Å²) in [4.78, 5) is 11.9. The molecule has 0 saturated carbocycles. The van der Waals surface area contributed by atoms with Crippen LogP contribution < -0.4 is 0 Å². The number of benzene rings is 2. The summed E-state index contributed by atoms with van der Waals surface area (Å²) >= 11 is 0. The van der Waals surface area contributed by atoms with Gasteiger partial charge in [0.1, 0.15) is 11.6 Å². The van der Waals surface area contributed by atoms with Gasteiger partial charge in [0.2, 0.25) is 0 Å². The number of rotatable bonds is 2. The van der Waals surface area contributed by atoms with Crippen LogP contribution >= 0.6 is 0 Å². The van der Waals surface area contributed by atoms with Gasteiger partial charge in [-0.25, -0.2) is 17.6 Å². The summed E-state index contributed by atoms with van der Waals surface area (Å²) in [6.07, 6.45) is 0. The highest BCUT2D eigenvalue weighted by molar-refractivity contribution is 6.09. The average Bonchev–Trinajstić information content (AvgIpc) is 2.34. The molecule has 2 rings (SSSR count). The molecule has 0 aliphatic rings. The zero-order valence-corrected chi connectivity index (χ0v) is 9.81. The molecule has 98 valence electrons. The van der Waals surface area contributed by atoms with Gasteiger partial charge >= 0.3 is 0 Å². The maximum Gasteiger partial charge on any atom is 0.196 e. The fourth-order valence-electron chi connectivity index (χ4n) is 1.66. The van der Waals surface area contributed by atoms with Gasteiger partial charge in [-0.05, 0) is 30.7 Å². The van der Waals surface area contributed by atoms with E-state index in [4.69, 9.17) is 0 Å². The Labute approximate surface area is 106 Å². The van der Waals surface area contributed by atoms with Crippen molar-refractivity contribution in [1.82, 2.24) is 0 Å². The minimum Gasteiger partial charge on any atom is -0.288 e. The molecule has 0 spiro atoms. The van der Waals surface area contributed by atoms with E-state index in [-0.39, 0.29) is 11.1 Å². The standard InChI is InChI=1S/C14H8F4O/c1-7-2-3-11(13(18)12(7)17)14(19)8-4-9(15)6-10(16)5-8/h2-6H,1H3. The van der Waals surface area contributed by atoms with E-state index in [1.807, 2.05) is 0 Å². The van der Waals surface area contributed by atoms with Crippen molar-refractivity contribution < 1.29 is 22.4 Å². The lowest BCUT2D eigenvalue weighted by Gasteiger charge is -2.06. The summed E-state index contributed by atoms with van der Waals surface area (Å²) < 4.78 is 52.9. The number of ketones is 1. The number of carbonyl (C=O) groups excluding carboxylic acids is 1. The first kappa shape index (κ1) is 13.3. The Kier molecular flexibility index (Phi) is 3.38. The van der Waals surface area contributed by atoms with E-state index in [2.05, 4.69) is 0 Å². The maximum atomic E-state index is 13.6. The Hall–Kier alpha value is -2.17. The van der Waals surface area contributed by atoms with E-state index in [0.717, 1.165) is 18.2 Å². The van der Waals surface area contributed by atoms with E-state index < -0.39 is 34.6 Å². The third-order valence-electron chi connectivity index (χ3n) is 2.64. The van der Waals surface area contributed by atoms with E-state index in [1.54, 1.807) is 0 Å². The summed E-state index contributed by atoms with van der Waals surface area (Å²) in [7, 11) is 0. The van der Waals surface area contributed by atoms with Crippen molar-refractivity contribution in [3.05, 3.63) is 70.3 Å². The number of aryl methyl sites for hydroxylation is 1. The third kappa shape index (κ3) is 2.50. The van der Waals surface area contributed by atoms with Crippen LogP contribution in [0.2, 0.25) is 0 Å². The molecule has 2 aromatic rings. The molecule has 0 amide bonds. The molecule has 0 bridgehead atoms. The van der Waals surface area contributed by atoms with Crippen LogP contribution in [-0.4, -0.2) is 5.78 Å². The monoisotopic (exact) mass is 268 g/mol. The molecule has 0 aliphatic heterocycles. The highest BCUT2D eigenvalue weighted by Crippen LogP contribution is 2.20. The van der Waals surface area contributed by atoms with E-state index in [0.29, 0.717) is 6.07 Å². The van der Waals surface area contributed by atoms with Crippen molar-refractivity contribution in [3.63, 3.8) is 0 Å². The quantitative estimate of drug-likeness (QED) is 0.598. The normalized spacial score (nSPS) is 10.6. The first-order chi connectivity index (χ1) is 8.90. The Morgan fingerprint density at radius 2 is 1.47 bits per heavy atom. The zero-order chi connectivity index (χ0) is 14.2. The lowest BCUT2D eigenvalue weighted by Crippen LogP contribution is -2.07. The van der Waals surface area contributed by atoms with Crippen molar-refractivity contribution in [1.29, 1.82) is 0 Å². The molecule has 0 N–H and O–H groups in total. The Bertz CT molecular complexity index is 644. The van der Waals surface area contributed by atoms with Gasteiger partial charge in [-0.15, -0.1) is 0 Å². The molecule has 5 heteroatoms. The third-order valence-corrected chi connectivity index (χ3v) is 2.64. The molecule has 19 heavy (non-hydrogen) atoms. The van der Waals surface area contributed by atoms with Gasteiger partial charge in [0.05, 0.1) is 5.56 Å². The van der Waals surface area contributed by atoms with Gasteiger partial charge in [0.15, 0.2) is 17.4 Å². The van der Waals surface area contributed by atoms with E-state index in [1.165, 1.54) is 13.0 Å². The molecular formula is C14H8F4O. The molecule has 0 saturated heterocycles. The van der Waals surface area contributed by atoms with Crippen LogP contribution in [0, 0.1) is 30.2 Å². The molecular weight excluding hydrogens is 260 g/mol. The van der Waals surface area contributed by atoms with Crippen molar-refractivity contribution in [2.24, 2.45) is 0 Å². The van der Waals surface area contributed by atoms with Crippen LogP contribution in [0.5, 0.6) is 0 Å². The van der Waals surface area contributed by atoms with Gasteiger partial charge in [0, 0.05) is 11.6 Å². The van der Waals surface area contributed by atoms with E-state index in [9.17, 15) is 22.4 Å². The summed E-state index contributed by atoms with van der Waals surface area (Å²) in [5.74, 6) is -5.38. The van der Waals surface area contributed by atoms with Crippen LogP contribution in [0.3, 0.4) is 0 Å². The predicted molar refractivity (Wildman–Crippen MR) is 60.9 cm³/mol. The second-order valence-corrected chi connectivity index (χ2v) is 4.05. The van der Waals surface area contributed by atoms with Gasteiger partial charge in [-0.1, -0.05) is 6.07 Å². The fraction of sp³-hybridized carbons (Fsp3) is 0.0714. The first-order valence-corrected chi connectivity index (χ1v) is 5.35. The molecule has 0 unspecified atom stereocenters. The molecule has 0 heterocycles. The highest BCUT2D eigenvalue weighted by atomic mass is 19.2. The maximum absolute atomic E-state index is 13.6. The topological polar surface area (TPSA) is 17.1 Å². The molecule has 2 aromatic carbocycles. The molecule has 0 fully saturated rings. The van der Waals surface area contributed by atoms with Crippen molar-refractivity contribution >= 4 is 5.78 Å². The number of hydrogen-bond donors (Lipinski definition) is 0. The van der Waals surface area contributed by atoms with Crippen LogP contribution in [-0.2, 0) is 0 Å². The summed E-state index contributed by atoms with van der Waals surface area (Å²) in [6.45, 7) is 1.34. The van der Waals surface area contributed by atoms with Gasteiger partial charge in [-0.2, -0.15) is 0 Å². The molecule has 0 aromatic heterocycles. The zero-order valence-electron chi connectivity index (χ0n) is 9.81. The van der Waals surface area contributed by atoms with Crippen molar-refractivity contribution in [3.8, 4) is 0 Å². The number of halogens is 4. The van der Waals surface area contributed by atoms with Crippen LogP contribution in [0.25, 0.3) is 0 Å². The minimum atomic E-state index is -1.32. The van der Waals surface area contributed by atoms with Gasteiger partial charge in [-0.3, -0.25) is 4.79 Å². The van der Waals surface area contributed by atoms with Crippen molar-refractivity contribution in [2.45, 2.75) is 6.92 Å². The molecule has 0 aliphatic carbocycles. The van der Waals surface area contributed by atoms with E-state index >= 15 is 0 Å². The SMILES string of the molecule is Cc1ccc(C(=O)c2cc(F)cc(F)c2)c(F)c1F. The van der Waals surface area contributed by atoms with Gasteiger partial charge in [0.25, 0.3) is 0 Å². The number of carbonyl (C=O) groups is 1. The second-order valence-electron chi connectivity index (χ2n) is 4.05. The second kappa shape index (κ2) is 4.84. The van der Waals surface area contributed by atoms with Crippen LogP contribution in [0.4, 0.5) is 17.6 Å². The number of hydrogen-bond acceptors (Lipinski definition) is 1. The Morgan fingerprint density at radius 3 is 2.05 bits per heavy atom.